The number of hydrogen-bond acceptors (Lipinski definition) is 4. The minimum atomic E-state index is 0.308. The molecule has 0 spiro atoms. The van der Waals surface area contributed by atoms with Crippen LogP contribution in [0.2, 0.25) is 5.15 Å². The Morgan fingerprint density at radius 2 is 2.11 bits per heavy atom. The average Bonchev–Trinajstić information content (AvgIpc) is 2.94. The van der Waals surface area contributed by atoms with Crippen molar-refractivity contribution in [3.63, 3.8) is 0 Å². The molecule has 0 aliphatic rings. The van der Waals surface area contributed by atoms with Crippen LogP contribution in [0.3, 0.4) is 0 Å². The molecular weight excluding hydrogens is 252 g/mol. The van der Waals surface area contributed by atoms with Crippen molar-refractivity contribution in [1.82, 2.24) is 29.7 Å². The van der Waals surface area contributed by atoms with Gasteiger partial charge in [0.25, 0.3) is 0 Å². The Bertz CT molecular complexity index is 698. The minimum absolute atomic E-state index is 0.308. The Kier molecular flexibility index (Phi) is 2.52. The Morgan fingerprint density at radius 1 is 1.28 bits per heavy atom. The second kappa shape index (κ2) is 4.06. The van der Waals surface area contributed by atoms with Crippen LogP contribution in [-0.4, -0.2) is 29.7 Å². The molecule has 3 aromatic heterocycles. The number of nitrogens with one attached hydrogen (secondary N) is 1. The molecule has 0 saturated heterocycles. The summed E-state index contributed by atoms with van der Waals surface area (Å²) in [6.45, 7) is 4.13. The zero-order valence-electron chi connectivity index (χ0n) is 9.92. The van der Waals surface area contributed by atoms with E-state index in [4.69, 9.17) is 11.6 Å². The lowest BCUT2D eigenvalue weighted by Crippen LogP contribution is -2.02. The third-order valence-electron chi connectivity index (χ3n) is 2.68. The first-order valence-corrected chi connectivity index (χ1v) is 5.94. The molecule has 3 rings (SSSR count). The van der Waals surface area contributed by atoms with Crippen molar-refractivity contribution in [2.24, 2.45) is 0 Å². The van der Waals surface area contributed by atoms with Crippen LogP contribution in [0.1, 0.15) is 25.5 Å². The third-order valence-corrected chi connectivity index (χ3v) is 2.95. The molecule has 3 heterocycles. The second-order valence-corrected chi connectivity index (χ2v) is 4.64. The maximum Gasteiger partial charge on any atom is 0.184 e. The molecule has 0 amide bonds. The number of H-pyrrole nitrogens is 1. The van der Waals surface area contributed by atoms with E-state index >= 15 is 0 Å². The van der Waals surface area contributed by atoms with Crippen LogP contribution in [0.5, 0.6) is 0 Å². The number of aromatic amines is 1. The van der Waals surface area contributed by atoms with Crippen molar-refractivity contribution < 1.29 is 0 Å². The summed E-state index contributed by atoms with van der Waals surface area (Å²) < 4.78 is 1.60. The highest BCUT2D eigenvalue weighted by molar-refractivity contribution is 6.29. The zero-order chi connectivity index (χ0) is 12.7. The van der Waals surface area contributed by atoms with Crippen LogP contribution in [0.4, 0.5) is 0 Å². The van der Waals surface area contributed by atoms with Crippen molar-refractivity contribution in [3.05, 3.63) is 29.6 Å². The van der Waals surface area contributed by atoms with Crippen molar-refractivity contribution in [3.8, 4) is 5.82 Å². The van der Waals surface area contributed by atoms with Gasteiger partial charge >= 0.3 is 0 Å². The van der Waals surface area contributed by atoms with Gasteiger partial charge in [0.1, 0.15) is 17.0 Å². The molecule has 0 aromatic carbocycles. The summed E-state index contributed by atoms with van der Waals surface area (Å²) in [6.07, 6.45) is 3.02. The van der Waals surface area contributed by atoms with E-state index in [1.54, 1.807) is 11.0 Å². The number of fused-ring (bicyclic) bond motifs is 1. The predicted octanol–water partition coefficient (Wildman–Crippen LogP) is 2.32. The molecule has 0 fully saturated rings. The number of halogens is 1. The van der Waals surface area contributed by atoms with Crippen molar-refractivity contribution in [2.45, 2.75) is 19.8 Å². The zero-order valence-corrected chi connectivity index (χ0v) is 10.7. The van der Waals surface area contributed by atoms with Crippen LogP contribution in [0, 0.1) is 0 Å². The summed E-state index contributed by atoms with van der Waals surface area (Å²) in [7, 11) is 0. The smallest absolute Gasteiger partial charge is 0.184 e. The molecule has 7 heteroatoms. The third kappa shape index (κ3) is 1.65. The van der Waals surface area contributed by atoms with E-state index in [0.717, 1.165) is 11.2 Å². The Labute approximate surface area is 108 Å². The maximum absolute atomic E-state index is 6.20. The van der Waals surface area contributed by atoms with Crippen LogP contribution in [-0.2, 0) is 0 Å². The van der Waals surface area contributed by atoms with Gasteiger partial charge in [-0.3, -0.25) is 0 Å². The number of rotatable bonds is 2. The number of imidazole rings is 1. The van der Waals surface area contributed by atoms with E-state index in [0.29, 0.717) is 22.5 Å². The summed E-state index contributed by atoms with van der Waals surface area (Å²) in [6, 6.07) is 1.84. The standard InChI is InChI=1S/C11H11ClN6/c1-6(2)7-3-8(12)18(17-7)11-9-10(14-4-13-9)15-5-16-11/h3-6H,1-2H3,(H,13,14,15,16). The van der Waals surface area contributed by atoms with Crippen LogP contribution >= 0.6 is 11.6 Å². The topological polar surface area (TPSA) is 72.3 Å². The predicted molar refractivity (Wildman–Crippen MR) is 67.9 cm³/mol. The first-order chi connectivity index (χ1) is 8.66. The normalized spacial score (nSPS) is 11.6. The summed E-state index contributed by atoms with van der Waals surface area (Å²) in [5, 5.41) is 4.98. The van der Waals surface area contributed by atoms with Gasteiger partial charge in [0.05, 0.1) is 12.0 Å². The second-order valence-electron chi connectivity index (χ2n) is 4.26. The van der Waals surface area contributed by atoms with Gasteiger partial charge in [-0.2, -0.15) is 5.10 Å². The van der Waals surface area contributed by atoms with E-state index in [1.807, 2.05) is 6.07 Å². The summed E-state index contributed by atoms with van der Waals surface area (Å²) in [5.74, 6) is 0.914. The van der Waals surface area contributed by atoms with Gasteiger partial charge in [-0.1, -0.05) is 25.4 Å². The van der Waals surface area contributed by atoms with E-state index in [1.165, 1.54) is 6.33 Å². The largest absolute Gasteiger partial charge is 0.340 e. The summed E-state index contributed by atoms with van der Waals surface area (Å²) >= 11 is 6.20. The van der Waals surface area contributed by atoms with Crippen LogP contribution in [0.25, 0.3) is 17.0 Å². The lowest BCUT2D eigenvalue weighted by atomic mass is 10.1. The van der Waals surface area contributed by atoms with Crippen molar-refractivity contribution in [2.75, 3.05) is 0 Å². The van der Waals surface area contributed by atoms with E-state index in [2.05, 4.69) is 38.9 Å². The van der Waals surface area contributed by atoms with Gasteiger partial charge in [-0.15, -0.1) is 0 Å². The molecule has 6 nitrogen and oxygen atoms in total. The lowest BCUT2D eigenvalue weighted by molar-refractivity contribution is 0.759. The molecule has 3 aromatic rings. The highest BCUT2D eigenvalue weighted by Crippen LogP contribution is 2.23. The molecule has 0 radical (unpaired) electrons. The van der Waals surface area contributed by atoms with Crippen LogP contribution < -0.4 is 0 Å². The van der Waals surface area contributed by atoms with Crippen molar-refractivity contribution in [1.29, 1.82) is 0 Å². The lowest BCUT2D eigenvalue weighted by Gasteiger charge is -2.02. The van der Waals surface area contributed by atoms with E-state index < -0.39 is 0 Å². The maximum atomic E-state index is 6.20. The minimum Gasteiger partial charge on any atom is -0.340 e. The molecular formula is C11H11ClN6. The van der Waals surface area contributed by atoms with Gasteiger partial charge < -0.3 is 4.98 Å². The molecule has 92 valence electrons. The summed E-state index contributed by atoms with van der Waals surface area (Å²) in [5.41, 5.74) is 2.24. The van der Waals surface area contributed by atoms with Gasteiger partial charge in [0.15, 0.2) is 11.5 Å². The SMILES string of the molecule is CC(C)c1cc(Cl)n(-c2ncnc3nc[nH]c23)n1. The number of aromatic nitrogens is 6. The number of hydrogen-bond donors (Lipinski definition) is 1. The van der Waals surface area contributed by atoms with Gasteiger partial charge in [0.2, 0.25) is 0 Å². The highest BCUT2D eigenvalue weighted by atomic mass is 35.5. The fraction of sp³-hybridized carbons (Fsp3) is 0.273. The molecule has 0 atom stereocenters. The van der Waals surface area contributed by atoms with E-state index in [-0.39, 0.29) is 0 Å². The first kappa shape index (κ1) is 11.2. The Morgan fingerprint density at radius 3 is 2.83 bits per heavy atom. The Hall–Kier alpha value is -1.95. The molecule has 1 N–H and O–H groups in total. The van der Waals surface area contributed by atoms with Gasteiger partial charge in [-0.05, 0) is 12.0 Å². The molecule has 0 saturated carbocycles. The molecule has 0 unspecified atom stereocenters. The monoisotopic (exact) mass is 262 g/mol. The fourth-order valence-corrected chi connectivity index (χ4v) is 1.95. The summed E-state index contributed by atoms with van der Waals surface area (Å²) in [4.78, 5) is 15.4. The van der Waals surface area contributed by atoms with Gasteiger partial charge in [-0.25, -0.2) is 19.6 Å². The average molecular weight is 263 g/mol. The fourth-order valence-electron chi connectivity index (χ4n) is 1.72. The van der Waals surface area contributed by atoms with E-state index in [9.17, 15) is 0 Å². The van der Waals surface area contributed by atoms with Crippen LogP contribution in [0.15, 0.2) is 18.7 Å². The first-order valence-electron chi connectivity index (χ1n) is 5.56. The Balaban J connectivity index is 2.23. The number of nitrogens with zero attached hydrogens (tertiary/aromatic N) is 5. The molecule has 0 aliphatic carbocycles. The molecule has 18 heavy (non-hydrogen) atoms. The van der Waals surface area contributed by atoms with Gasteiger partial charge in [0, 0.05) is 0 Å². The van der Waals surface area contributed by atoms with Crippen molar-refractivity contribution >= 4 is 22.8 Å². The highest BCUT2D eigenvalue weighted by Gasteiger charge is 2.14. The molecule has 0 bridgehead atoms. The molecule has 0 aliphatic heterocycles. The quantitative estimate of drug-likeness (QED) is 0.769.